The van der Waals surface area contributed by atoms with Crippen LogP contribution in [0.2, 0.25) is 0 Å². The van der Waals surface area contributed by atoms with E-state index >= 15 is 0 Å². The van der Waals surface area contributed by atoms with E-state index in [2.05, 4.69) is 25.4 Å². The van der Waals surface area contributed by atoms with E-state index in [0.717, 1.165) is 5.56 Å². The van der Waals surface area contributed by atoms with Gasteiger partial charge < -0.3 is 9.64 Å². The first kappa shape index (κ1) is 13.9. The minimum Gasteiger partial charge on any atom is -0.464 e. The molecule has 20 heavy (non-hydrogen) atoms. The van der Waals surface area contributed by atoms with Gasteiger partial charge in [-0.3, -0.25) is 10.4 Å². The van der Waals surface area contributed by atoms with Gasteiger partial charge in [-0.05, 0) is 24.6 Å². The number of nitrogen functional groups attached to an aromatic ring is 1. The minimum atomic E-state index is 0.243. The third kappa shape index (κ3) is 3.51. The number of rotatable bonds is 6. The number of nitrogens with one attached hydrogen (secondary N) is 1. The predicted molar refractivity (Wildman–Crippen MR) is 75.2 cm³/mol. The Labute approximate surface area is 117 Å². The summed E-state index contributed by atoms with van der Waals surface area (Å²) >= 11 is 0. The largest absolute Gasteiger partial charge is 0.464 e. The number of hydrogen-bond acceptors (Lipinski definition) is 8. The maximum atomic E-state index is 5.35. The fourth-order valence-corrected chi connectivity index (χ4v) is 1.61. The molecule has 0 fully saturated rings. The van der Waals surface area contributed by atoms with Crippen LogP contribution in [0.4, 0.5) is 11.9 Å². The molecule has 0 aromatic carbocycles. The summed E-state index contributed by atoms with van der Waals surface area (Å²) in [7, 11) is 1.88. The van der Waals surface area contributed by atoms with Crippen LogP contribution in [0.15, 0.2) is 24.5 Å². The van der Waals surface area contributed by atoms with Crippen molar-refractivity contribution in [1.82, 2.24) is 19.9 Å². The van der Waals surface area contributed by atoms with Crippen molar-refractivity contribution in [2.24, 2.45) is 5.84 Å². The zero-order valence-corrected chi connectivity index (χ0v) is 11.4. The van der Waals surface area contributed by atoms with Gasteiger partial charge in [0.05, 0.1) is 6.61 Å². The van der Waals surface area contributed by atoms with E-state index in [-0.39, 0.29) is 12.0 Å². The molecule has 0 bridgehead atoms. The minimum absolute atomic E-state index is 0.243. The summed E-state index contributed by atoms with van der Waals surface area (Å²) in [6.07, 6.45) is 3.49. The molecule has 8 nitrogen and oxygen atoms in total. The standard InChI is InChI=1S/C12H17N7O/c1-3-20-12-16-10(18-13)15-11(17-12)19(2)8-9-4-6-14-7-5-9/h4-7H,3,8,13H2,1-2H3,(H,15,16,17,18). The molecule has 0 aliphatic carbocycles. The fourth-order valence-electron chi connectivity index (χ4n) is 1.61. The van der Waals surface area contributed by atoms with Gasteiger partial charge in [0.25, 0.3) is 0 Å². The summed E-state index contributed by atoms with van der Waals surface area (Å²) in [6.45, 7) is 2.98. The summed E-state index contributed by atoms with van der Waals surface area (Å²) in [4.78, 5) is 18.3. The normalized spacial score (nSPS) is 10.2. The van der Waals surface area contributed by atoms with Crippen LogP contribution in [0.1, 0.15) is 12.5 Å². The lowest BCUT2D eigenvalue weighted by atomic mass is 10.2. The van der Waals surface area contributed by atoms with Crippen LogP contribution in [-0.2, 0) is 6.54 Å². The Morgan fingerprint density at radius 3 is 2.65 bits per heavy atom. The number of nitrogens with zero attached hydrogens (tertiary/aromatic N) is 5. The predicted octanol–water partition coefficient (Wildman–Crippen LogP) is 0.587. The van der Waals surface area contributed by atoms with Crippen molar-refractivity contribution in [2.45, 2.75) is 13.5 Å². The van der Waals surface area contributed by atoms with Crippen molar-refractivity contribution in [3.8, 4) is 6.01 Å². The van der Waals surface area contributed by atoms with E-state index in [9.17, 15) is 0 Å². The third-order valence-electron chi connectivity index (χ3n) is 2.52. The van der Waals surface area contributed by atoms with Gasteiger partial charge in [-0.15, -0.1) is 0 Å². The van der Waals surface area contributed by atoms with Gasteiger partial charge in [0, 0.05) is 26.0 Å². The molecular weight excluding hydrogens is 258 g/mol. The van der Waals surface area contributed by atoms with Gasteiger partial charge in [0.15, 0.2) is 0 Å². The number of nitrogens with two attached hydrogens (primary N) is 1. The van der Waals surface area contributed by atoms with Crippen LogP contribution in [0.5, 0.6) is 6.01 Å². The van der Waals surface area contributed by atoms with Crippen LogP contribution >= 0.6 is 0 Å². The summed E-state index contributed by atoms with van der Waals surface area (Å²) in [6, 6.07) is 4.11. The topological polar surface area (TPSA) is 102 Å². The molecule has 0 atom stereocenters. The second-order valence-corrected chi connectivity index (χ2v) is 4.03. The molecule has 0 spiro atoms. The lowest BCUT2D eigenvalue weighted by molar-refractivity contribution is 0.312. The van der Waals surface area contributed by atoms with Gasteiger partial charge in [0.1, 0.15) is 0 Å². The fraction of sp³-hybridized carbons (Fsp3) is 0.333. The second kappa shape index (κ2) is 6.62. The maximum Gasteiger partial charge on any atom is 0.323 e. The lowest BCUT2D eigenvalue weighted by Crippen LogP contribution is -2.21. The van der Waals surface area contributed by atoms with Crippen molar-refractivity contribution in [2.75, 3.05) is 24.0 Å². The average Bonchev–Trinajstić information content (AvgIpc) is 2.48. The Bertz CT molecular complexity index is 549. The van der Waals surface area contributed by atoms with Crippen molar-refractivity contribution >= 4 is 11.9 Å². The quantitative estimate of drug-likeness (QED) is 0.583. The van der Waals surface area contributed by atoms with Crippen LogP contribution < -0.4 is 20.9 Å². The van der Waals surface area contributed by atoms with Gasteiger partial charge >= 0.3 is 6.01 Å². The van der Waals surface area contributed by atoms with Gasteiger partial charge in [0.2, 0.25) is 11.9 Å². The Morgan fingerprint density at radius 2 is 2.00 bits per heavy atom. The number of anilines is 2. The molecule has 0 unspecified atom stereocenters. The molecule has 0 amide bonds. The molecule has 106 valence electrons. The van der Waals surface area contributed by atoms with Crippen LogP contribution in [0.25, 0.3) is 0 Å². The molecule has 2 aromatic rings. The Morgan fingerprint density at radius 1 is 1.25 bits per heavy atom. The molecular formula is C12H17N7O. The molecule has 8 heteroatoms. The number of pyridine rings is 1. The zero-order chi connectivity index (χ0) is 14.4. The zero-order valence-electron chi connectivity index (χ0n) is 11.4. The molecule has 0 aliphatic rings. The molecule has 2 rings (SSSR count). The molecule has 0 aliphatic heterocycles. The van der Waals surface area contributed by atoms with Crippen LogP contribution in [0, 0.1) is 0 Å². The number of ether oxygens (including phenoxy) is 1. The Kier molecular flexibility index (Phi) is 4.61. The third-order valence-corrected chi connectivity index (χ3v) is 2.52. The summed E-state index contributed by atoms with van der Waals surface area (Å²) in [5.74, 6) is 6.10. The highest BCUT2D eigenvalue weighted by Crippen LogP contribution is 2.15. The highest BCUT2D eigenvalue weighted by molar-refractivity contribution is 5.37. The number of aromatic nitrogens is 4. The van der Waals surface area contributed by atoms with E-state index in [1.165, 1.54) is 0 Å². The summed E-state index contributed by atoms with van der Waals surface area (Å²) in [5.41, 5.74) is 3.51. The van der Waals surface area contributed by atoms with Gasteiger partial charge in [-0.1, -0.05) is 0 Å². The summed E-state index contributed by atoms with van der Waals surface area (Å²) < 4.78 is 5.29. The maximum absolute atomic E-state index is 5.35. The molecule has 0 saturated carbocycles. The summed E-state index contributed by atoms with van der Waals surface area (Å²) in [5, 5.41) is 0. The Balaban J connectivity index is 2.19. The number of hydrazine groups is 1. The lowest BCUT2D eigenvalue weighted by Gasteiger charge is -2.17. The number of hydrogen-bond donors (Lipinski definition) is 2. The molecule has 2 heterocycles. The van der Waals surface area contributed by atoms with E-state index in [4.69, 9.17) is 10.6 Å². The Hall–Kier alpha value is -2.48. The molecule has 0 saturated heterocycles. The van der Waals surface area contributed by atoms with E-state index in [0.29, 0.717) is 19.1 Å². The van der Waals surface area contributed by atoms with Crippen molar-refractivity contribution in [1.29, 1.82) is 0 Å². The van der Waals surface area contributed by atoms with Crippen LogP contribution in [-0.4, -0.2) is 33.6 Å². The van der Waals surface area contributed by atoms with Gasteiger partial charge in [-0.2, -0.15) is 15.0 Å². The molecule has 2 aromatic heterocycles. The van der Waals surface area contributed by atoms with Crippen molar-refractivity contribution in [3.63, 3.8) is 0 Å². The van der Waals surface area contributed by atoms with E-state index < -0.39 is 0 Å². The first-order valence-corrected chi connectivity index (χ1v) is 6.18. The first-order valence-electron chi connectivity index (χ1n) is 6.18. The van der Waals surface area contributed by atoms with E-state index in [1.807, 2.05) is 31.0 Å². The van der Waals surface area contributed by atoms with Crippen molar-refractivity contribution < 1.29 is 4.74 Å². The second-order valence-electron chi connectivity index (χ2n) is 4.03. The highest BCUT2D eigenvalue weighted by atomic mass is 16.5. The average molecular weight is 275 g/mol. The van der Waals surface area contributed by atoms with Crippen molar-refractivity contribution in [3.05, 3.63) is 30.1 Å². The van der Waals surface area contributed by atoms with Crippen LogP contribution in [0.3, 0.4) is 0 Å². The highest BCUT2D eigenvalue weighted by Gasteiger charge is 2.11. The van der Waals surface area contributed by atoms with Gasteiger partial charge in [-0.25, -0.2) is 5.84 Å². The molecule has 0 radical (unpaired) electrons. The van der Waals surface area contributed by atoms with E-state index in [1.54, 1.807) is 12.4 Å². The first-order chi connectivity index (χ1) is 9.72. The molecule has 3 N–H and O–H groups in total. The SMILES string of the molecule is CCOc1nc(NN)nc(N(C)Cc2ccncc2)n1. The smallest absolute Gasteiger partial charge is 0.323 e. The monoisotopic (exact) mass is 275 g/mol.